The first-order valence-corrected chi connectivity index (χ1v) is 9.48. The van der Waals surface area contributed by atoms with Gasteiger partial charge < -0.3 is 15.0 Å². The van der Waals surface area contributed by atoms with E-state index < -0.39 is 0 Å². The van der Waals surface area contributed by atoms with Crippen LogP contribution in [0.1, 0.15) is 6.42 Å². The third-order valence-corrected chi connectivity index (χ3v) is 5.41. The first kappa shape index (κ1) is 16.2. The molecule has 0 aliphatic carbocycles. The Morgan fingerprint density at radius 1 is 0.815 bits per heavy atom. The number of aromatic amines is 1. The highest BCUT2D eigenvalue weighted by atomic mass is 16.3. The third kappa shape index (κ3) is 3.00. The number of β-amino-alcohol motifs (C(OH)–C–C–N with tert-alkyl or cyclic N) is 1. The molecule has 0 bridgehead atoms. The summed E-state index contributed by atoms with van der Waals surface area (Å²) in [5.41, 5.74) is 7.03. The smallest absolute Gasteiger partial charge is 0.0731 e. The zero-order chi connectivity index (χ0) is 18.2. The van der Waals surface area contributed by atoms with Gasteiger partial charge in [-0.2, -0.15) is 0 Å². The average Bonchev–Trinajstić information content (AvgIpc) is 3.35. The molecule has 0 saturated carbocycles. The fourth-order valence-electron chi connectivity index (χ4n) is 4.01. The number of nitrogens with zero attached hydrogens (tertiary/aromatic N) is 1. The summed E-state index contributed by atoms with van der Waals surface area (Å²) in [5.74, 6) is 0. The molecule has 3 nitrogen and oxygen atoms in total. The monoisotopic (exact) mass is 354 g/mol. The molecule has 1 aliphatic rings. The molecule has 1 saturated heterocycles. The number of aliphatic hydroxyl groups is 1. The summed E-state index contributed by atoms with van der Waals surface area (Å²) in [5, 5.41) is 11.3. The first-order chi connectivity index (χ1) is 13.3. The highest BCUT2D eigenvalue weighted by Gasteiger charge is 2.23. The lowest BCUT2D eigenvalue weighted by Gasteiger charge is -2.20. The fourth-order valence-corrected chi connectivity index (χ4v) is 4.01. The van der Waals surface area contributed by atoms with Crippen molar-refractivity contribution in [2.45, 2.75) is 12.5 Å². The minimum Gasteiger partial charge on any atom is -0.391 e. The van der Waals surface area contributed by atoms with Crippen LogP contribution in [-0.2, 0) is 0 Å². The van der Waals surface area contributed by atoms with Gasteiger partial charge in [-0.15, -0.1) is 0 Å². The summed E-state index contributed by atoms with van der Waals surface area (Å²) in [6, 6.07) is 27.6. The zero-order valence-corrected chi connectivity index (χ0v) is 15.1. The Hall–Kier alpha value is -3.04. The molecular formula is C24H22N2O. The predicted octanol–water partition coefficient (Wildman–Crippen LogP) is 5.07. The molecule has 134 valence electrons. The highest BCUT2D eigenvalue weighted by molar-refractivity contribution is 5.99. The van der Waals surface area contributed by atoms with Gasteiger partial charge in [-0.05, 0) is 41.3 Å². The van der Waals surface area contributed by atoms with Crippen molar-refractivity contribution in [3.05, 3.63) is 78.9 Å². The van der Waals surface area contributed by atoms with Crippen molar-refractivity contribution in [2.75, 3.05) is 18.0 Å². The number of nitrogens with one attached hydrogen (secondary N) is 1. The molecule has 0 radical (unpaired) electrons. The summed E-state index contributed by atoms with van der Waals surface area (Å²) in [7, 11) is 0. The van der Waals surface area contributed by atoms with Crippen molar-refractivity contribution < 1.29 is 5.11 Å². The van der Waals surface area contributed by atoms with E-state index in [2.05, 4.69) is 76.6 Å². The van der Waals surface area contributed by atoms with E-state index in [4.69, 9.17) is 0 Å². The Bertz CT molecular complexity index is 1070. The summed E-state index contributed by atoms with van der Waals surface area (Å²) >= 11 is 0. The van der Waals surface area contributed by atoms with Crippen LogP contribution in [0.25, 0.3) is 33.3 Å². The first-order valence-electron chi connectivity index (χ1n) is 9.48. The van der Waals surface area contributed by atoms with Crippen LogP contribution in [0.4, 0.5) is 5.69 Å². The number of hydrogen-bond acceptors (Lipinski definition) is 2. The van der Waals surface area contributed by atoms with E-state index in [0.29, 0.717) is 6.54 Å². The molecule has 1 unspecified atom stereocenters. The number of benzene rings is 3. The van der Waals surface area contributed by atoms with Crippen molar-refractivity contribution in [1.82, 2.24) is 4.98 Å². The van der Waals surface area contributed by atoms with E-state index in [1.165, 1.54) is 27.8 Å². The van der Waals surface area contributed by atoms with E-state index >= 15 is 0 Å². The molecule has 1 atom stereocenters. The van der Waals surface area contributed by atoms with Gasteiger partial charge in [-0.3, -0.25) is 0 Å². The lowest BCUT2D eigenvalue weighted by atomic mass is 10.0. The molecule has 2 N–H and O–H groups in total. The van der Waals surface area contributed by atoms with Crippen LogP contribution in [0.15, 0.2) is 78.9 Å². The molecule has 1 aromatic heterocycles. The highest BCUT2D eigenvalue weighted by Crippen LogP contribution is 2.37. The van der Waals surface area contributed by atoms with Crippen molar-refractivity contribution >= 4 is 16.6 Å². The van der Waals surface area contributed by atoms with Gasteiger partial charge >= 0.3 is 0 Å². The summed E-state index contributed by atoms with van der Waals surface area (Å²) in [6.07, 6.45) is 0.584. The molecule has 5 rings (SSSR count). The van der Waals surface area contributed by atoms with Crippen molar-refractivity contribution in [1.29, 1.82) is 0 Å². The molecule has 3 heteroatoms. The molecule has 3 aromatic carbocycles. The molecule has 1 fully saturated rings. The number of fused-ring (bicyclic) bond motifs is 1. The van der Waals surface area contributed by atoms with Crippen LogP contribution in [-0.4, -0.2) is 29.3 Å². The number of anilines is 1. The van der Waals surface area contributed by atoms with E-state index in [-0.39, 0.29) is 6.10 Å². The summed E-state index contributed by atoms with van der Waals surface area (Å²) in [4.78, 5) is 5.92. The second kappa shape index (κ2) is 6.60. The quantitative estimate of drug-likeness (QED) is 0.539. The maximum Gasteiger partial charge on any atom is 0.0731 e. The second-order valence-corrected chi connectivity index (χ2v) is 7.26. The molecular weight excluding hydrogens is 332 g/mol. The largest absolute Gasteiger partial charge is 0.391 e. The average molecular weight is 354 g/mol. The zero-order valence-electron chi connectivity index (χ0n) is 15.1. The van der Waals surface area contributed by atoms with Crippen LogP contribution in [0.3, 0.4) is 0 Å². The van der Waals surface area contributed by atoms with E-state index in [9.17, 15) is 5.11 Å². The minimum atomic E-state index is -0.243. The van der Waals surface area contributed by atoms with Gasteiger partial charge in [0.25, 0.3) is 0 Å². The van der Waals surface area contributed by atoms with Gasteiger partial charge in [0, 0.05) is 35.4 Å². The van der Waals surface area contributed by atoms with E-state index in [0.717, 1.165) is 24.2 Å². The van der Waals surface area contributed by atoms with Crippen molar-refractivity contribution in [3.63, 3.8) is 0 Å². The standard InChI is InChI=1S/C24H22N2O/c27-20-11-12-26(16-20)24-14-19(17-7-3-1-4-8-17)13-23-21(24)15-22(25-23)18-9-5-2-6-10-18/h1-10,13-15,20,25,27H,11-12,16H2. The minimum absolute atomic E-state index is 0.243. The van der Waals surface area contributed by atoms with Crippen LogP contribution in [0.2, 0.25) is 0 Å². The van der Waals surface area contributed by atoms with Gasteiger partial charge in [0.05, 0.1) is 6.10 Å². The number of aromatic nitrogens is 1. The van der Waals surface area contributed by atoms with Crippen molar-refractivity contribution in [3.8, 4) is 22.4 Å². The lowest BCUT2D eigenvalue weighted by molar-refractivity contribution is 0.198. The normalized spacial score (nSPS) is 16.9. The lowest BCUT2D eigenvalue weighted by Crippen LogP contribution is -2.21. The van der Waals surface area contributed by atoms with E-state index in [1.807, 2.05) is 12.1 Å². The van der Waals surface area contributed by atoms with Crippen LogP contribution in [0.5, 0.6) is 0 Å². The number of rotatable bonds is 3. The van der Waals surface area contributed by atoms with E-state index in [1.54, 1.807) is 0 Å². The Kier molecular flexibility index (Phi) is 3.95. The molecule has 1 aliphatic heterocycles. The Labute approximate surface area is 158 Å². The topological polar surface area (TPSA) is 39.3 Å². The molecule has 2 heterocycles. The van der Waals surface area contributed by atoms with Gasteiger partial charge in [-0.25, -0.2) is 0 Å². The summed E-state index contributed by atoms with van der Waals surface area (Å²) < 4.78 is 0. The third-order valence-electron chi connectivity index (χ3n) is 5.41. The van der Waals surface area contributed by atoms with Crippen LogP contribution >= 0.6 is 0 Å². The number of aliphatic hydroxyl groups excluding tert-OH is 1. The molecule has 0 amide bonds. The molecule has 4 aromatic rings. The van der Waals surface area contributed by atoms with Gasteiger partial charge in [0.15, 0.2) is 0 Å². The molecule has 0 spiro atoms. The van der Waals surface area contributed by atoms with Crippen molar-refractivity contribution in [2.24, 2.45) is 0 Å². The Balaban J connectivity index is 1.70. The molecule has 27 heavy (non-hydrogen) atoms. The maximum absolute atomic E-state index is 10.1. The van der Waals surface area contributed by atoms with Gasteiger partial charge in [0.1, 0.15) is 0 Å². The SMILES string of the molecule is OC1CCN(c2cc(-c3ccccc3)cc3[nH]c(-c4ccccc4)cc23)C1. The summed E-state index contributed by atoms with van der Waals surface area (Å²) in [6.45, 7) is 1.58. The Morgan fingerprint density at radius 2 is 1.52 bits per heavy atom. The number of H-pyrrole nitrogens is 1. The van der Waals surface area contributed by atoms with Crippen LogP contribution in [0, 0.1) is 0 Å². The second-order valence-electron chi connectivity index (χ2n) is 7.26. The fraction of sp³-hybridized carbons (Fsp3) is 0.167. The van der Waals surface area contributed by atoms with Crippen LogP contribution < -0.4 is 4.90 Å². The maximum atomic E-state index is 10.1. The predicted molar refractivity (Wildman–Crippen MR) is 112 cm³/mol. The Morgan fingerprint density at radius 3 is 2.19 bits per heavy atom. The number of hydrogen-bond donors (Lipinski definition) is 2. The van der Waals surface area contributed by atoms with Gasteiger partial charge in [-0.1, -0.05) is 60.7 Å². The van der Waals surface area contributed by atoms with Gasteiger partial charge in [0.2, 0.25) is 0 Å².